The molecule has 0 bridgehead atoms. The summed E-state index contributed by atoms with van der Waals surface area (Å²) >= 11 is 1.57. The fourth-order valence-electron chi connectivity index (χ4n) is 3.39. The van der Waals surface area contributed by atoms with Gasteiger partial charge in [-0.1, -0.05) is 55.8 Å². The van der Waals surface area contributed by atoms with E-state index in [4.69, 9.17) is 0 Å². The summed E-state index contributed by atoms with van der Waals surface area (Å²) in [5.74, 6) is 0.459. The highest BCUT2D eigenvalue weighted by Crippen LogP contribution is 2.59. The van der Waals surface area contributed by atoms with E-state index >= 15 is 0 Å². The van der Waals surface area contributed by atoms with Crippen molar-refractivity contribution in [1.82, 2.24) is 10.3 Å². The Hall–Kier alpha value is -1.94. The van der Waals surface area contributed by atoms with E-state index < -0.39 is 0 Å². The zero-order valence-corrected chi connectivity index (χ0v) is 15.4. The average molecular weight is 340 g/mol. The van der Waals surface area contributed by atoms with Crippen molar-refractivity contribution in [3.8, 4) is 0 Å². The minimum Gasteiger partial charge on any atom is -0.342 e. The summed E-state index contributed by atoms with van der Waals surface area (Å²) in [5.41, 5.74) is 2.35. The topological polar surface area (TPSA) is 42.0 Å². The number of benzene rings is 1. The van der Waals surface area contributed by atoms with Gasteiger partial charge in [-0.05, 0) is 30.7 Å². The average Bonchev–Trinajstić information content (AvgIpc) is 2.93. The number of rotatable bonds is 5. The van der Waals surface area contributed by atoms with Crippen molar-refractivity contribution in [1.29, 1.82) is 0 Å². The molecule has 3 nitrogen and oxygen atoms in total. The smallest absolute Gasteiger partial charge is 0.225 e. The summed E-state index contributed by atoms with van der Waals surface area (Å²) in [6, 6.07) is 9.88. The van der Waals surface area contributed by atoms with Crippen LogP contribution in [0.2, 0.25) is 0 Å². The van der Waals surface area contributed by atoms with Gasteiger partial charge in [0.05, 0.1) is 5.92 Å². The summed E-state index contributed by atoms with van der Waals surface area (Å²) < 4.78 is 0. The Kier molecular flexibility index (Phi) is 4.59. The number of carbonyl (C=O) groups is 1. The molecule has 0 spiro atoms. The van der Waals surface area contributed by atoms with Crippen LogP contribution in [0.1, 0.15) is 44.3 Å². The molecule has 1 amide bonds. The molecule has 3 rings (SSSR count). The fourth-order valence-corrected chi connectivity index (χ4v) is 4.10. The zero-order valence-electron chi connectivity index (χ0n) is 14.6. The summed E-state index contributed by atoms with van der Waals surface area (Å²) in [5, 5.41) is 6.11. The van der Waals surface area contributed by atoms with Gasteiger partial charge in [0.2, 0.25) is 5.91 Å². The lowest BCUT2D eigenvalue weighted by molar-refractivity contribution is -0.123. The Labute approximate surface area is 147 Å². The molecule has 1 aliphatic carbocycles. The maximum Gasteiger partial charge on any atom is 0.225 e. The molecule has 3 atom stereocenters. The number of amides is 1. The largest absolute Gasteiger partial charge is 0.342 e. The lowest BCUT2D eigenvalue weighted by atomic mass is 10.1. The lowest BCUT2D eigenvalue weighted by Gasteiger charge is -2.17. The predicted molar refractivity (Wildman–Crippen MR) is 98.7 cm³/mol. The van der Waals surface area contributed by atoms with E-state index in [2.05, 4.69) is 44.1 Å². The molecule has 1 heterocycles. The first-order chi connectivity index (χ1) is 11.4. The van der Waals surface area contributed by atoms with Gasteiger partial charge in [0, 0.05) is 11.6 Å². The van der Waals surface area contributed by atoms with Crippen LogP contribution in [0.4, 0.5) is 0 Å². The van der Waals surface area contributed by atoms with Crippen LogP contribution in [0, 0.1) is 17.3 Å². The Balaban J connectivity index is 1.82. The van der Waals surface area contributed by atoms with Gasteiger partial charge in [-0.25, -0.2) is 4.98 Å². The van der Waals surface area contributed by atoms with E-state index in [0.29, 0.717) is 5.92 Å². The predicted octanol–water partition coefficient (Wildman–Crippen LogP) is 4.59. The summed E-state index contributed by atoms with van der Waals surface area (Å²) in [6.07, 6.45) is 4.01. The van der Waals surface area contributed by atoms with Gasteiger partial charge in [-0.15, -0.1) is 11.3 Å². The second kappa shape index (κ2) is 6.52. The van der Waals surface area contributed by atoms with Gasteiger partial charge in [0.15, 0.2) is 0 Å². The van der Waals surface area contributed by atoms with Crippen molar-refractivity contribution in [3.63, 3.8) is 0 Å². The first kappa shape index (κ1) is 16.9. The first-order valence-corrected chi connectivity index (χ1v) is 9.19. The fraction of sp³-hybridized carbons (Fsp3) is 0.400. The molecule has 24 heavy (non-hydrogen) atoms. The molecule has 1 N–H and O–H groups in total. The Bertz CT molecular complexity index is 730. The molecule has 0 aliphatic heterocycles. The first-order valence-electron chi connectivity index (χ1n) is 8.31. The number of allylic oxidation sites excluding steroid dienone is 2. The summed E-state index contributed by atoms with van der Waals surface area (Å²) in [7, 11) is 0. The second-order valence-corrected chi connectivity index (χ2v) is 8.22. The summed E-state index contributed by atoms with van der Waals surface area (Å²) in [4.78, 5) is 17.3. The highest BCUT2D eigenvalue weighted by molar-refractivity contribution is 7.09. The minimum absolute atomic E-state index is 0.0193. The van der Waals surface area contributed by atoms with E-state index in [9.17, 15) is 4.79 Å². The van der Waals surface area contributed by atoms with Crippen LogP contribution < -0.4 is 5.32 Å². The molecule has 1 fully saturated rings. The molecule has 0 radical (unpaired) electrons. The molecule has 1 aliphatic rings. The van der Waals surface area contributed by atoms with Gasteiger partial charge < -0.3 is 5.32 Å². The number of aromatic nitrogens is 1. The quantitative estimate of drug-likeness (QED) is 0.809. The number of hydrogen-bond donors (Lipinski definition) is 1. The molecule has 126 valence electrons. The number of carbonyl (C=O) groups excluding carboxylic acids is 1. The van der Waals surface area contributed by atoms with Gasteiger partial charge in [0.25, 0.3) is 0 Å². The van der Waals surface area contributed by atoms with Crippen LogP contribution in [0.15, 0.2) is 53.6 Å². The highest BCUT2D eigenvalue weighted by atomic mass is 32.1. The normalized spacial score (nSPS) is 22.5. The third-order valence-electron chi connectivity index (χ3n) is 4.82. The molecule has 1 aromatic carbocycles. The van der Waals surface area contributed by atoms with Gasteiger partial charge in [0.1, 0.15) is 11.0 Å². The molecule has 1 saturated carbocycles. The van der Waals surface area contributed by atoms with Gasteiger partial charge in [-0.3, -0.25) is 4.79 Å². The van der Waals surface area contributed by atoms with Crippen molar-refractivity contribution >= 4 is 17.2 Å². The van der Waals surface area contributed by atoms with Crippen LogP contribution >= 0.6 is 11.3 Å². The van der Waals surface area contributed by atoms with E-state index in [1.165, 1.54) is 5.57 Å². The molecule has 2 aromatic rings. The molecular weight excluding hydrogens is 316 g/mol. The van der Waals surface area contributed by atoms with Gasteiger partial charge >= 0.3 is 0 Å². The monoisotopic (exact) mass is 340 g/mol. The van der Waals surface area contributed by atoms with Crippen LogP contribution in [0.25, 0.3) is 0 Å². The summed E-state index contributed by atoms with van der Waals surface area (Å²) in [6.45, 7) is 8.52. The minimum atomic E-state index is -0.178. The molecule has 1 aromatic heterocycles. The number of thiazole rings is 1. The van der Waals surface area contributed by atoms with Crippen molar-refractivity contribution in [2.75, 3.05) is 0 Å². The van der Waals surface area contributed by atoms with Crippen LogP contribution in [-0.2, 0) is 4.79 Å². The maximum atomic E-state index is 12.9. The third-order valence-corrected chi connectivity index (χ3v) is 5.66. The Morgan fingerprint density at radius 3 is 2.58 bits per heavy atom. The molecular formula is C20H24N2OS. The molecule has 4 heteroatoms. The van der Waals surface area contributed by atoms with E-state index in [1.54, 1.807) is 17.5 Å². The van der Waals surface area contributed by atoms with Crippen LogP contribution in [0.3, 0.4) is 0 Å². The Morgan fingerprint density at radius 2 is 2.00 bits per heavy atom. The van der Waals surface area contributed by atoms with Gasteiger partial charge in [-0.2, -0.15) is 0 Å². The van der Waals surface area contributed by atoms with E-state index in [-0.39, 0.29) is 23.3 Å². The van der Waals surface area contributed by atoms with Crippen LogP contribution in [0.5, 0.6) is 0 Å². The number of nitrogens with one attached hydrogen (secondary N) is 1. The third kappa shape index (κ3) is 3.29. The van der Waals surface area contributed by atoms with E-state index in [0.717, 1.165) is 10.6 Å². The lowest BCUT2D eigenvalue weighted by Crippen LogP contribution is -2.31. The van der Waals surface area contributed by atoms with Crippen molar-refractivity contribution < 1.29 is 4.79 Å². The van der Waals surface area contributed by atoms with Crippen molar-refractivity contribution in [3.05, 3.63) is 64.1 Å². The zero-order chi connectivity index (χ0) is 17.3. The van der Waals surface area contributed by atoms with Crippen molar-refractivity contribution in [2.24, 2.45) is 17.3 Å². The van der Waals surface area contributed by atoms with E-state index in [1.807, 2.05) is 35.7 Å². The standard InChI is InChI=1S/C20H24N2OS/c1-13(2)12-15-16(20(15,3)4)18(23)22-17(19-21-10-11-24-19)14-8-6-5-7-9-14/h5-12,15-17H,1-4H3,(H,22,23)/t15-,16-,17+/m1/s1. The van der Waals surface area contributed by atoms with Crippen molar-refractivity contribution in [2.45, 2.75) is 33.7 Å². The number of hydrogen-bond acceptors (Lipinski definition) is 3. The number of nitrogens with zero attached hydrogens (tertiary/aromatic N) is 1. The molecule has 0 saturated heterocycles. The Morgan fingerprint density at radius 1 is 1.29 bits per heavy atom. The second-order valence-electron chi connectivity index (χ2n) is 7.29. The highest BCUT2D eigenvalue weighted by Gasteiger charge is 2.60. The molecule has 0 unspecified atom stereocenters. The van der Waals surface area contributed by atoms with Crippen LogP contribution in [-0.4, -0.2) is 10.9 Å². The maximum absolute atomic E-state index is 12.9. The SMILES string of the molecule is CC(C)=C[C@@H]1[C@H](C(=O)N[C@@H](c2ccccc2)c2nccs2)C1(C)C.